The number of amides is 2. The topological polar surface area (TPSA) is 235 Å². The van der Waals surface area contributed by atoms with Gasteiger partial charge in [-0.2, -0.15) is 0 Å². The van der Waals surface area contributed by atoms with E-state index in [1.165, 1.54) is 25.3 Å². The quantitative estimate of drug-likeness (QED) is 0.0912. The van der Waals surface area contributed by atoms with Crippen molar-refractivity contribution in [3.8, 4) is 17.5 Å². The normalized spacial score (nSPS) is 21.9. The molecular weight excluding hydrogens is 876 g/mol. The molecule has 1 saturated heterocycles. The molecule has 2 aromatic carbocycles. The summed E-state index contributed by atoms with van der Waals surface area (Å²) in [6.07, 6.45) is 3.36. The number of aromatic hydroxyl groups is 2. The van der Waals surface area contributed by atoms with Crippen molar-refractivity contribution in [3.05, 3.63) is 100 Å². The van der Waals surface area contributed by atoms with Crippen molar-refractivity contribution < 1.29 is 58.0 Å². The van der Waals surface area contributed by atoms with Gasteiger partial charge in [-0.15, -0.1) is 9.83 Å². The molecule has 4 heterocycles. The zero-order valence-corrected chi connectivity index (χ0v) is 38.5. The van der Waals surface area contributed by atoms with Crippen LogP contribution < -0.4 is 20.2 Å². The predicted molar refractivity (Wildman–Crippen MR) is 238 cm³/mol. The van der Waals surface area contributed by atoms with Gasteiger partial charge in [-0.25, -0.2) is 14.3 Å². The first kappa shape index (κ1) is 49.0. The molecule has 0 unspecified atom stereocenters. The zero-order valence-electron chi connectivity index (χ0n) is 37.8. The maximum absolute atomic E-state index is 13.9. The fourth-order valence-electron chi connectivity index (χ4n) is 7.41. The maximum atomic E-state index is 13.9. The summed E-state index contributed by atoms with van der Waals surface area (Å²) in [7, 11) is 1.49. The van der Waals surface area contributed by atoms with Crippen molar-refractivity contribution in [1.82, 2.24) is 30.4 Å². The third kappa shape index (κ3) is 13.1. The molecule has 66 heavy (non-hydrogen) atoms. The number of halogens is 1. The van der Waals surface area contributed by atoms with Crippen molar-refractivity contribution in [3.63, 3.8) is 0 Å². The molecule has 6 rings (SSSR count). The Kier molecular flexibility index (Phi) is 16.1. The summed E-state index contributed by atoms with van der Waals surface area (Å²) in [6.45, 7) is 9.21. The van der Waals surface area contributed by atoms with E-state index in [2.05, 4.69) is 20.9 Å². The number of hydrogen-bond donors (Lipinski definition) is 4. The standard InChI is InChI=1S/C47H57ClN6O12/c1-27(2)21-37-45(60)63-35(10-8-11-38(55)50-34(23-30-15-18-36(62-6)33(48)22-30)44(59)49-26-47(4,5)46(61)64-37)28(3)42-43(65-42)31-16-13-29(14-17-31)24-53-25-32(51-52-53)9-7-12-41(58)66-54-39(56)19-20-40(54)57/h8,11,13-20,22,25,27-28,34-35,37,42-43,56-57H,7,9-10,12,21,23-24,26H2,1-6H3,(H,49,59)(H,50,55)/t28-,34+,35-,37-,42+,43+/m0/s1. The van der Waals surface area contributed by atoms with Crippen molar-refractivity contribution in [2.45, 2.75) is 110 Å². The first-order valence-corrected chi connectivity index (χ1v) is 22.2. The molecule has 0 bridgehead atoms. The fourth-order valence-corrected chi connectivity index (χ4v) is 7.69. The number of carbonyl (C=O) groups excluding carboxylic acids is 5. The van der Waals surface area contributed by atoms with Gasteiger partial charge in [0.15, 0.2) is 6.10 Å². The van der Waals surface area contributed by atoms with Gasteiger partial charge in [0.05, 0.1) is 35.9 Å². The van der Waals surface area contributed by atoms with E-state index < -0.39 is 65.1 Å². The lowest BCUT2D eigenvalue weighted by Gasteiger charge is -2.29. The van der Waals surface area contributed by atoms with Gasteiger partial charge in [0.25, 0.3) is 0 Å². The van der Waals surface area contributed by atoms with Gasteiger partial charge < -0.3 is 44.6 Å². The van der Waals surface area contributed by atoms with Crippen LogP contribution in [0, 0.1) is 17.3 Å². The van der Waals surface area contributed by atoms with Crippen LogP contribution >= 0.6 is 11.6 Å². The summed E-state index contributed by atoms with van der Waals surface area (Å²) in [5, 5.41) is 33.6. The van der Waals surface area contributed by atoms with E-state index in [4.69, 9.17) is 35.4 Å². The van der Waals surface area contributed by atoms with Crippen LogP contribution in [0.15, 0.2) is 72.9 Å². The van der Waals surface area contributed by atoms with E-state index in [0.29, 0.717) is 46.1 Å². The number of cyclic esters (lactones) is 2. The summed E-state index contributed by atoms with van der Waals surface area (Å²) in [5.74, 6) is -3.83. The third-order valence-corrected chi connectivity index (χ3v) is 11.6. The largest absolute Gasteiger partial charge is 0.495 e. The summed E-state index contributed by atoms with van der Waals surface area (Å²) < 4.78 is 25.8. The van der Waals surface area contributed by atoms with Crippen molar-refractivity contribution in [1.29, 1.82) is 0 Å². The molecule has 0 radical (unpaired) electrons. The van der Waals surface area contributed by atoms with Crippen LogP contribution in [0.2, 0.25) is 5.02 Å². The van der Waals surface area contributed by atoms with Crippen LogP contribution in [0.5, 0.6) is 17.5 Å². The minimum absolute atomic E-state index is 0.0305. The molecular formula is C47H57ClN6O12. The van der Waals surface area contributed by atoms with E-state index in [-0.39, 0.29) is 56.3 Å². The molecule has 2 amide bonds. The van der Waals surface area contributed by atoms with Crippen molar-refractivity contribution in [2.24, 2.45) is 17.3 Å². The number of carbonyl (C=O) groups is 5. The second-order valence-corrected chi connectivity index (χ2v) is 18.1. The Balaban J connectivity index is 1.10. The number of aromatic nitrogens is 4. The molecule has 0 aliphatic carbocycles. The molecule has 18 nitrogen and oxygen atoms in total. The van der Waals surface area contributed by atoms with Gasteiger partial charge in [0, 0.05) is 50.1 Å². The lowest BCUT2D eigenvalue weighted by atomic mass is 9.92. The molecule has 6 atom stereocenters. The predicted octanol–water partition coefficient (Wildman–Crippen LogP) is 4.95. The monoisotopic (exact) mass is 932 g/mol. The molecule has 4 N–H and O–H groups in total. The highest BCUT2D eigenvalue weighted by molar-refractivity contribution is 6.32. The average molecular weight is 933 g/mol. The van der Waals surface area contributed by atoms with Gasteiger partial charge in [-0.3, -0.25) is 14.4 Å². The number of ether oxygens (including phenoxy) is 4. The Morgan fingerprint density at radius 1 is 1.00 bits per heavy atom. The molecule has 2 aliphatic heterocycles. The number of methoxy groups -OCH3 is 1. The summed E-state index contributed by atoms with van der Waals surface area (Å²) >= 11 is 6.36. The molecule has 1 fully saturated rings. The first-order valence-electron chi connectivity index (χ1n) is 21.8. The van der Waals surface area contributed by atoms with Crippen LogP contribution in [-0.4, -0.2) is 97.7 Å². The van der Waals surface area contributed by atoms with Crippen molar-refractivity contribution >= 4 is 41.3 Å². The summed E-state index contributed by atoms with van der Waals surface area (Å²) in [6, 6.07) is 14.3. The van der Waals surface area contributed by atoms with Crippen LogP contribution in [-0.2, 0) is 57.6 Å². The molecule has 2 aromatic heterocycles. The highest BCUT2D eigenvalue weighted by Crippen LogP contribution is 2.45. The van der Waals surface area contributed by atoms with Gasteiger partial charge >= 0.3 is 17.9 Å². The van der Waals surface area contributed by atoms with Gasteiger partial charge in [-0.1, -0.05) is 74.0 Å². The Morgan fingerprint density at radius 3 is 2.39 bits per heavy atom. The lowest BCUT2D eigenvalue weighted by Crippen LogP contribution is -2.51. The summed E-state index contributed by atoms with van der Waals surface area (Å²) in [5.41, 5.74) is 1.96. The second kappa shape index (κ2) is 21.7. The Morgan fingerprint density at radius 2 is 1.71 bits per heavy atom. The van der Waals surface area contributed by atoms with Crippen molar-refractivity contribution in [2.75, 3.05) is 13.7 Å². The molecule has 2 aliphatic rings. The fraction of sp³-hybridized carbons (Fsp3) is 0.468. The maximum Gasteiger partial charge on any atom is 0.347 e. The SMILES string of the molecule is COc1ccc(C[C@H]2NC(=O)C=CC[C@@H]([C@H](C)[C@H]3O[C@@H]3c3ccc(Cn4cc(CCCC(=O)On5c(O)ccc5O)nn4)cc3)OC(=O)[C@H](CC(C)C)OC(=O)C(C)(C)CNC2=O)cc1Cl. The molecule has 4 aromatic rings. The van der Waals surface area contributed by atoms with Crippen LogP contribution in [0.1, 0.15) is 88.8 Å². The second-order valence-electron chi connectivity index (χ2n) is 17.7. The van der Waals surface area contributed by atoms with E-state index in [1.54, 1.807) is 49.0 Å². The van der Waals surface area contributed by atoms with E-state index in [9.17, 15) is 34.2 Å². The highest BCUT2D eigenvalue weighted by atomic mass is 35.5. The first-order chi connectivity index (χ1) is 31.4. The van der Waals surface area contributed by atoms with E-state index in [0.717, 1.165) is 11.1 Å². The molecule has 0 spiro atoms. The number of nitrogens with one attached hydrogen (secondary N) is 2. The van der Waals surface area contributed by atoms with Gasteiger partial charge in [0.2, 0.25) is 23.6 Å². The zero-order chi connectivity index (χ0) is 47.7. The molecule has 0 saturated carbocycles. The third-order valence-electron chi connectivity index (χ3n) is 11.3. The van der Waals surface area contributed by atoms with Gasteiger partial charge in [-0.05, 0) is 73.9 Å². The Hall–Kier alpha value is -6.40. The number of nitrogens with zero attached hydrogens (tertiary/aromatic N) is 4. The number of rotatable bonds is 15. The van der Waals surface area contributed by atoms with Crippen LogP contribution in [0.4, 0.5) is 0 Å². The smallest absolute Gasteiger partial charge is 0.347 e. The average Bonchev–Trinajstić information content (AvgIpc) is 3.85. The van der Waals surface area contributed by atoms with Crippen LogP contribution in [0.25, 0.3) is 0 Å². The molecule has 19 heteroatoms. The molecule has 354 valence electrons. The number of hydrogen-bond acceptors (Lipinski definition) is 14. The number of aryl methyl sites for hydroxylation is 1. The number of benzene rings is 2. The highest BCUT2D eigenvalue weighted by Gasteiger charge is 2.48. The minimum Gasteiger partial charge on any atom is -0.495 e. The van der Waals surface area contributed by atoms with E-state index in [1.807, 2.05) is 45.0 Å². The number of epoxide rings is 1. The van der Waals surface area contributed by atoms with Crippen LogP contribution in [0.3, 0.4) is 0 Å². The Bertz CT molecular complexity index is 2380. The summed E-state index contributed by atoms with van der Waals surface area (Å²) in [4.78, 5) is 71.6. The number of esters is 2. The Labute approximate surface area is 387 Å². The van der Waals surface area contributed by atoms with Gasteiger partial charge in [0.1, 0.15) is 24.0 Å². The lowest BCUT2D eigenvalue weighted by molar-refractivity contribution is -0.179. The van der Waals surface area contributed by atoms with E-state index >= 15 is 0 Å². The minimum atomic E-state index is -1.25.